The van der Waals surface area contributed by atoms with Crippen LogP contribution in [0.5, 0.6) is 11.5 Å². The molecule has 4 aromatic rings. The lowest BCUT2D eigenvalue weighted by Gasteiger charge is -2.22. The van der Waals surface area contributed by atoms with Gasteiger partial charge in [0, 0.05) is 46.0 Å². The molecule has 20 heteroatoms. The third-order valence-corrected chi connectivity index (χ3v) is 9.65. The summed E-state index contributed by atoms with van der Waals surface area (Å²) in [7, 11) is 1.56. The van der Waals surface area contributed by atoms with Gasteiger partial charge in [-0.25, -0.2) is 19.1 Å². The summed E-state index contributed by atoms with van der Waals surface area (Å²) in [4.78, 5) is 37.5. The van der Waals surface area contributed by atoms with Crippen molar-refractivity contribution in [2.24, 2.45) is 0 Å². The van der Waals surface area contributed by atoms with E-state index in [0.717, 1.165) is 5.56 Å². The fraction of sp³-hybridized carbons (Fsp3) is 0.478. The number of ether oxygens (including phenoxy) is 10. The number of fused-ring (bicyclic) bond motifs is 3. The van der Waals surface area contributed by atoms with Gasteiger partial charge in [-0.05, 0) is 69.7 Å². The Morgan fingerprint density at radius 3 is 1.88 bits per heavy atom. The molecule has 3 aromatic carbocycles. The second-order valence-electron chi connectivity index (χ2n) is 15.3. The van der Waals surface area contributed by atoms with E-state index in [0.29, 0.717) is 141 Å². The number of benzene rings is 3. The van der Waals surface area contributed by atoms with Crippen LogP contribution in [-0.2, 0) is 44.5 Å². The summed E-state index contributed by atoms with van der Waals surface area (Å²) in [5.41, 5.74) is 3.91. The SMILES string of the molecule is CCOC(=O)c1nn(-c2cc(Cl)cc(Cl)c2)c2c1COc1cc(OC)c(-c3cccc(NC(=O)NCCOCCOCCOCCOCCOCCOCCNC(=O)OC(C)(C)C)c3)cc1-2. The predicted octanol–water partition coefficient (Wildman–Crippen LogP) is 7.34. The quantitative estimate of drug-likeness (QED) is 0.0397. The zero-order valence-corrected chi connectivity index (χ0v) is 39.5. The number of halogens is 2. The topological polar surface area (TPSA) is 197 Å². The van der Waals surface area contributed by atoms with E-state index in [4.69, 9.17) is 70.6 Å². The molecule has 0 unspecified atom stereocenters. The van der Waals surface area contributed by atoms with E-state index in [1.165, 1.54) is 0 Å². The molecule has 1 aromatic heterocycles. The van der Waals surface area contributed by atoms with Crippen LogP contribution in [0.2, 0.25) is 10.0 Å². The Labute approximate surface area is 394 Å². The van der Waals surface area contributed by atoms with Crippen molar-refractivity contribution in [3.05, 3.63) is 75.9 Å². The zero-order chi connectivity index (χ0) is 47.3. The van der Waals surface area contributed by atoms with E-state index in [1.54, 1.807) is 69.8 Å². The van der Waals surface area contributed by atoms with Gasteiger partial charge in [-0.15, -0.1) is 0 Å². The number of urea groups is 1. The number of amides is 3. The minimum atomic E-state index is -0.584. The summed E-state index contributed by atoms with van der Waals surface area (Å²) in [6.07, 6.45) is -0.470. The molecule has 0 radical (unpaired) electrons. The molecule has 1 aliphatic rings. The lowest BCUT2D eigenvalue weighted by molar-refractivity contribution is -0.0164. The molecule has 0 atom stereocenters. The van der Waals surface area contributed by atoms with Crippen molar-refractivity contribution in [3.63, 3.8) is 0 Å². The van der Waals surface area contributed by atoms with Crippen LogP contribution < -0.4 is 25.4 Å². The summed E-state index contributed by atoms with van der Waals surface area (Å²) in [6.45, 7) is 12.8. The van der Waals surface area contributed by atoms with Crippen LogP contribution in [0.25, 0.3) is 28.1 Å². The number of rotatable bonds is 27. The molecule has 3 amide bonds. The highest BCUT2D eigenvalue weighted by molar-refractivity contribution is 6.34. The summed E-state index contributed by atoms with van der Waals surface area (Å²) in [5, 5.41) is 13.8. The fourth-order valence-electron chi connectivity index (χ4n) is 6.40. The lowest BCUT2D eigenvalue weighted by Crippen LogP contribution is -2.34. The Morgan fingerprint density at radius 2 is 1.32 bits per heavy atom. The lowest BCUT2D eigenvalue weighted by atomic mass is 9.95. The van der Waals surface area contributed by atoms with Crippen LogP contribution in [0.1, 0.15) is 43.7 Å². The average molecular weight is 961 g/mol. The standard InChI is InChI=1S/C46H59Cl2N5O13/c1-6-64-43(54)41-38-30-65-40-29-39(57-5)36(28-37(40)42(38)53(52-41)35-26-32(47)25-33(48)27-35)31-8-7-9-34(24-31)51-44(55)49-10-12-58-14-16-60-18-20-62-22-23-63-21-19-61-17-15-59-13-11-50-45(56)66-46(2,3)4/h7-9,24-29H,6,10-23,30H2,1-5H3,(H,50,56)(H2,49,51,55). The number of alkyl carbamates (subject to hydrolysis) is 1. The number of carbonyl (C=O) groups excluding carboxylic acids is 3. The van der Waals surface area contributed by atoms with Gasteiger partial charge in [0.2, 0.25) is 0 Å². The molecule has 66 heavy (non-hydrogen) atoms. The molecule has 0 fully saturated rings. The first-order valence-electron chi connectivity index (χ1n) is 21.6. The summed E-state index contributed by atoms with van der Waals surface area (Å²) in [6, 6.07) is 15.6. The maximum Gasteiger partial charge on any atom is 0.407 e. The molecular formula is C46H59Cl2N5O13. The molecule has 0 spiro atoms. The first kappa shape index (κ1) is 51.8. The minimum absolute atomic E-state index is 0.0629. The minimum Gasteiger partial charge on any atom is -0.496 e. The number of nitrogens with one attached hydrogen (secondary N) is 3. The first-order chi connectivity index (χ1) is 31.9. The number of anilines is 1. The molecule has 360 valence electrons. The molecule has 0 saturated heterocycles. The van der Waals surface area contributed by atoms with Crippen molar-refractivity contribution in [1.82, 2.24) is 20.4 Å². The van der Waals surface area contributed by atoms with Crippen molar-refractivity contribution in [2.75, 3.05) is 111 Å². The number of carbonyl (C=O) groups is 3. The zero-order valence-electron chi connectivity index (χ0n) is 38.0. The average Bonchev–Trinajstić information content (AvgIpc) is 3.67. The van der Waals surface area contributed by atoms with Crippen LogP contribution in [-0.4, -0.2) is 140 Å². The van der Waals surface area contributed by atoms with Crippen molar-refractivity contribution in [3.8, 4) is 39.6 Å². The fourth-order valence-corrected chi connectivity index (χ4v) is 6.92. The summed E-state index contributed by atoms with van der Waals surface area (Å²) in [5.74, 6) is 0.465. The highest BCUT2D eigenvalue weighted by atomic mass is 35.5. The molecule has 0 aliphatic carbocycles. The normalized spacial score (nSPS) is 11.9. The van der Waals surface area contributed by atoms with Crippen molar-refractivity contribution in [2.45, 2.75) is 39.9 Å². The Morgan fingerprint density at radius 1 is 0.742 bits per heavy atom. The van der Waals surface area contributed by atoms with Crippen LogP contribution in [0.4, 0.5) is 15.3 Å². The van der Waals surface area contributed by atoms with Crippen molar-refractivity contribution in [1.29, 1.82) is 0 Å². The van der Waals surface area contributed by atoms with Gasteiger partial charge < -0.3 is 63.3 Å². The van der Waals surface area contributed by atoms with E-state index in [-0.39, 0.29) is 25.5 Å². The number of hydrogen-bond acceptors (Lipinski definition) is 14. The van der Waals surface area contributed by atoms with E-state index < -0.39 is 23.7 Å². The van der Waals surface area contributed by atoms with E-state index in [2.05, 4.69) is 21.0 Å². The van der Waals surface area contributed by atoms with E-state index in [1.807, 2.05) is 24.3 Å². The van der Waals surface area contributed by atoms with Crippen molar-refractivity contribution < 1.29 is 61.8 Å². The maximum absolute atomic E-state index is 13.1. The molecular weight excluding hydrogens is 901 g/mol. The second-order valence-corrected chi connectivity index (χ2v) is 16.2. The molecule has 0 saturated carbocycles. The van der Waals surface area contributed by atoms with Crippen molar-refractivity contribution >= 4 is 47.0 Å². The molecule has 2 heterocycles. The maximum atomic E-state index is 13.1. The Balaban J connectivity index is 0.970. The highest BCUT2D eigenvalue weighted by Gasteiger charge is 2.32. The number of esters is 1. The van der Waals surface area contributed by atoms with Gasteiger partial charge in [0.05, 0.1) is 110 Å². The Bertz CT molecular complexity index is 2180. The van der Waals surface area contributed by atoms with Gasteiger partial charge in [0.1, 0.15) is 23.7 Å². The van der Waals surface area contributed by atoms with Gasteiger partial charge in [0.15, 0.2) is 5.69 Å². The number of hydrogen-bond donors (Lipinski definition) is 3. The molecule has 0 bridgehead atoms. The predicted molar refractivity (Wildman–Crippen MR) is 247 cm³/mol. The third-order valence-electron chi connectivity index (χ3n) is 9.21. The largest absolute Gasteiger partial charge is 0.496 e. The van der Waals surface area contributed by atoms with Gasteiger partial charge in [-0.2, -0.15) is 5.10 Å². The van der Waals surface area contributed by atoms with Gasteiger partial charge in [0.25, 0.3) is 0 Å². The number of aromatic nitrogens is 2. The Kier molecular flexibility index (Phi) is 21.1. The number of nitrogens with zero attached hydrogens (tertiary/aromatic N) is 2. The highest BCUT2D eigenvalue weighted by Crippen LogP contribution is 2.46. The molecule has 5 rings (SSSR count). The molecule has 3 N–H and O–H groups in total. The van der Waals surface area contributed by atoms with E-state index >= 15 is 0 Å². The number of methoxy groups -OCH3 is 1. The molecule has 18 nitrogen and oxygen atoms in total. The summed E-state index contributed by atoms with van der Waals surface area (Å²) >= 11 is 12.8. The van der Waals surface area contributed by atoms with Crippen LogP contribution >= 0.6 is 23.2 Å². The van der Waals surface area contributed by atoms with Crippen LogP contribution in [0, 0.1) is 0 Å². The van der Waals surface area contributed by atoms with Crippen LogP contribution in [0.15, 0.2) is 54.6 Å². The van der Waals surface area contributed by atoms with Crippen LogP contribution in [0.3, 0.4) is 0 Å². The van der Waals surface area contributed by atoms with Gasteiger partial charge in [-0.1, -0.05) is 35.3 Å². The van der Waals surface area contributed by atoms with Gasteiger partial charge >= 0.3 is 18.1 Å². The summed E-state index contributed by atoms with van der Waals surface area (Å²) < 4.78 is 57.1. The monoisotopic (exact) mass is 959 g/mol. The van der Waals surface area contributed by atoms with E-state index in [9.17, 15) is 14.4 Å². The van der Waals surface area contributed by atoms with Gasteiger partial charge in [-0.3, -0.25) is 0 Å². The smallest absolute Gasteiger partial charge is 0.407 e. The molecule has 1 aliphatic heterocycles. The second kappa shape index (κ2) is 26.8. The third kappa shape index (κ3) is 16.6. The Hall–Kier alpha value is -5.18. The first-order valence-corrected chi connectivity index (χ1v) is 22.3.